The van der Waals surface area contributed by atoms with Gasteiger partial charge in [0.2, 0.25) is 11.7 Å². The first-order valence-corrected chi connectivity index (χ1v) is 9.24. The molecule has 1 heterocycles. The van der Waals surface area contributed by atoms with Crippen LogP contribution >= 0.6 is 11.6 Å². The number of halogens is 1. The monoisotopic (exact) mass is 382 g/mol. The van der Waals surface area contributed by atoms with Gasteiger partial charge < -0.3 is 15.2 Å². The number of anilines is 2. The van der Waals surface area contributed by atoms with E-state index in [0.717, 1.165) is 29.9 Å². The van der Waals surface area contributed by atoms with E-state index in [4.69, 9.17) is 16.1 Å². The molecule has 0 bridgehead atoms. The summed E-state index contributed by atoms with van der Waals surface area (Å²) in [6.07, 6.45) is 3.46. The maximum Gasteiger partial charge on any atom is 0.323 e. The van der Waals surface area contributed by atoms with Crippen molar-refractivity contribution in [3.63, 3.8) is 0 Å². The highest BCUT2D eigenvalue weighted by Gasteiger charge is 2.25. The maximum absolute atomic E-state index is 12.2. The third-order valence-corrected chi connectivity index (χ3v) is 4.98. The predicted molar refractivity (Wildman–Crippen MR) is 105 cm³/mol. The van der Waals surface area contributed by atoms with Gasteiger partial charge in [-0.3, -0.25) is 0 Å². The first kappa shape index (κ1) is 17.5. The number of nitrogens with zero attached hydrogens (tertiary/aromatic N) is 2. The van der Waals surface area contributed by atoms with Crippen LogP contribution in [0.3, 0.4) is 0 Å². The lowest BCUT2D eigenvalue weighted by atomic mass is 9.85. The molecule has 138 valence electrons. The number of benzene rings is 2. The lowest BCUT2D eigenvalue weighted by Crippen LogP contribution is -2.19. The number of amides is 2. The van der Waals surface area contributed by atoms with Gasteiger partial charge in [-0.1, -0.05) is 29.2 Å². The van der Waals surface area contributed by atoms with Gasteiger partial charge in [0, 0.05) is 27.9 Å². The summed E-state index contributed by atoms with van der Waals surface area (Å²) in [6.45, 7) is 1.91. The Morgan fingerprint density at radius 1 is 1.15 bits per heavy atom. The first-order chi connectivity index (χ1) is 13.1. The molecule has 0 atom stereocenters. The quantitative estimate of drug-likeness (QED) is 0.614. The number of rotatable bonds is 4. The fourth-order valence-corrected chi connectivity index (χ4v) is 3.06. The van der Waals surface area contributed by atoms with Crippen LogP contribution in [0, 0.1) is 6.92 Å². The Morgan fingerprint density at radius 3 is 2.63 bits per heavy atom. The number of urea groups is 1. The minimum Gasteiger partial charge on any atom is -0.339 e. The minimum absolute atomic E-state index is 0.333. The van der Waals surface area contributed by atoms with E-state index >= 15 is 0 Å². The number of aryl methyl sites for hydroxylation is 1. The molecule has 0 saturated heterocycles. The van der Waals surface area contributed by atoms with Crippen LogP contribution in [0.1, 0.15) is 36.6 Å². The van der Waals surface area contributed by atoms with Crippen LogP contribution in [0.2, 0.25) is 5.02 Å². The van der Waals surface area contributed by atoms with Crippen LogP contribution in [-0.4, -0.2) is 16.2 Å². The van der Waals surface area contributed by atoms with Crippen molar-refractivity contribution in [1.82, 2.24) is 10.1 Å². The Labute approximate surface area is 161 Å². The summed E-state index contributed by atoms with van der Waals surface area (Å²) in [5, 5.41) is 10.2. The molecule has 0 aliphatic heterocycles. The molecule has 1 fully saturated rings. The zero-order valence-electron chi connectivity index (χ0n) is 14.8. The Kier molecular flexibility index (Phi) is 4.81. The van der Waals surface area contributed by atoms with Crippen molar-refractivity contribution < 1.29 is 9.32 Å². The Balaban J connectivity index is 1.40. The summed E-state index contributed by atoms with van der Waals surface area (Å²) in [6, 6.07) is 12.3. The average Bonchev–Trinajstić information content (AvgIpc) is 3.06. The second-order valence-electron chi connectivity index (χ2n) is 6.70. The summed E-state index contributed by atoms with van der Waals surface area (Å²) in [5.41, 5.74) is 3.12. The molecule has 1 aliphatic carbocycles. The number of hydrogen-bond donors (Lipinski definition) is 2. The van der Waals surface area contributed by atoms with Gasteiger partial charge >= 0.3 is 6.03 Å². The molecule has 2 aromatic carbocycles. The van der Waals surface area contributed by atoms with Gasteiger partial charge in [-0.25, -0.2) is 4.79 Å². The average molecular weight is 383 g/mol. The Hall–Kier alpha value is -2.86. The van der Waals surface area contributed by atoms with E-state index < -0.39 is 0 Å². The molecule has 6 nitrogen and oxygen atoms in total. The van der Waals surface area contributed by atoms with Crippen molar-refractivity contribution in [2.75, 3.05) is 10.6 Å². The molecule has 2 amide bonds. The van der Waals surface area contributed by atoms with Gasteiger partial charge in [-0.05, 0) is 61.7 Å². The largest absolute Gasteiger partial charge is 0.339 e. The SMILES string of the molecule is Cc1ccc(Cl)cc1NC(=O)Nc1ccc(-c2noc(C3CCC3)n2)cc1. The number of carbonyl (C=O) groups is 1. The molecule has 7 heteroatoms. The van der Waals surface area contributed by atoms with Gasteiger partial charge in [0.15, 0.2) is 0 Å². The molecule has 1 aliphatic rings. The standard InChI is InChI=1S/C20H19ClN4O2/c1-12-5-8-15(21)11-17(12)23-20(26)22-16-9-6-13(7-10-16)18-24-19(27-25-18)14-3-2-4-14/h5-11,14H,2-4H2,1H3,(H2,22,23,26). The Morgan fingerprint density at radius 2 is 1.93 bits per heavy atom. The van der Waals surface area contributed by atoms with Crippen LogP contribution in [0.4, 0.5) is 16.2 Å². The highest BCUT2D eigenvalue weighted by molar-refractivity contribution is 6.31. The van der Waals surface area contributed by atoms with E-state index in [2.05, 4.69) is 20.8 Å². The van der Waals surface area contributed by atoms with Crippen molar-refractivity contribution in [3.05, 3.63) is 58.9 Å². The van der Waals surface area contributed by atoms with E-state index in [9.17, 15) is 4.79 Å². The van der Waals surface area contributed by atoms with E-state index in [1.807, 2.05) is 25.1 Å². The third kappa shape index (κ3) is 3.95. The smallest absolute Gasteiger partial charge is 0.323 e. The molecule has 0 unspecified atom stereocenters. The summed E-state index contributed by atoms with van der Waals surface area (Å²) >= 11 is 5.98. The van der Waals surface area contributed by atoms with E-state index in [0.29, 0.717) is 28.1 Å². The predicted octanol–water partition coefficient (Wildman–Crippen LogP) is 5.61. The molecule has 2 N–H and O–H groups in total. The lowest BCUT2D eigenvalue weighted by Gasteiger charge is -2.20. The van der Waals surface area contributed by atoms with Gasteiger partial charge in [0.25, 0.3) is 0 Å². The van der Waals surface area contributed by atoms with Crippen LogP contribution < -0.4 is 10.6 Å². The summed E-state index contributed by atoms with van der Waals surface area (Å²) in [7, 11) is 0. The van der Waals surface area contributed by atoms with Crippen molar-refractivity contribution >= 4 is 29.0 Å². The molecular formula is C20H19ClN4O2. The normalized spacial score (nSPS) is 13.9. The topological polar surface area (TPSA) is 80.0 Å². The second-order valence-corrected chi connectivity index (χ2v) is 7.14. The Bertz CT molecular complexity index is 964. The zero-order chi connectivity index (χ0) is 18.8. The number of carbonyl (C=O) groups excluding carboxylic acids is 1. The maximum atomic E-state index is 12.2. The second kappa shape index (κ2) is 7.40. The van der Waals surface area contributed by atoms with Crippen molar-refractivity contribution in [3.8, 4) is 11.4 Å². The number of nitrogens with one attached hydrogen (secondary N) is 2. The molecule has 0 spiro atoms. The highest BCUT2D eigenvalue weighted by Crippen LogP contribution is 2.36. The fraction of sp³-hybridized carbons (Fsp3) is 0.250. The van der Waals surface area contributed by atoms with Gasteiger partial charge in [-0.2, -0.15) is 4.98 Å². The molecule has 3 aromatic rings. The third-order valence-electron chi connectivity index (χ3n) is 4.74. The summed E-state index contributed by atoms with van der Waals surface area (Å²) in [4.78, 5) is 16.7. The van der Waals surface area contributed by atoms with Crippen LogP contribution in [0.15, 0.2) is 47.0 Å². The summed E-state index contributed by atoms with van der Waals surface area (Å²) < 4.78 is 5.35. The van der Waals surface area contributed by atoms with Crippen LogP contribution in [0.25, 0.3) is 11.4 Å². The van der Waals surface area contributed by atoms with E-state index in [1.165, 1.54) is 6.42 Å². The molecule has 1 aromatic heterocycles. The molecule has 27 heavy (non-hydrogen) atoms. The van der Waals surface area contributed by atoms with E-state index in [1.54, 1.807) is 24.3 Å². The van der Waals surface area contributed by atoms with E-state index in [-0.39, 0.29) is 6.03 Å². The highest BCUT2D eigenvalue weighted by atomic mass is 35.5. The zero-order valence-corrected chi connectivity index (χ0v) is 15.6. The van der Waals surface area contributed by atoms with Crippen LogP contribution in [0.5, 0.6) is 0 Å². The van der Waals surface area contributed by atoms with Crippen LogP contribution in [-0.2, 0) is 0 Å². The fourth-order valence-electron chi connectivity index (χ4n) is 2.89. The first-order valence-electron chi connectivity index (χ1n) is 8.87. The van der Waals surface area contributed by atoms with Crippen molar-refractivity contribution in [2.24, 2.45) is 0 Å². The summed E-state index contributed by atoms with van der Waals surface area (Å²) in [5.74, 6) is 1.70. The molecule has 0 radical (unpaired) electrons. The van der Waals surface area contributed by atoms with Gasteiger partial charge in [0.1, 0.15) is 0 Å². The number of aromatic nitrogens is 2. The lowest BCUT2D eigenvalue weighted by molar-refractivity contribution is 0.262. The van der Waals surface area contributed by atoms with Crippen molar-refractivity contribution in [2.45, 2.75) is 32.1 Å². The van der Waals surface area contributed by atoms with Gasteiger partial charge in [0.05, 0.1) is 0 Å². The molecule has 4 rings (SSSR count). The number of hydrogen-bond acceptors (Lipinski definition) is 4. The molecular weight excluding hydrogens is 364 g/mol. The minimum atomic E-state index is -0.333. The van der Waals surface area contributed by atoms with Gasteiger partial charge in [-0.15, -0.1) is 0 Å². The van der Waals surface area contributed by atoms with Crippen molar-refractivity contribution in [1.29, 1.82) is 0 Å². The molecule has 1 saturated carbocycles.